The van der Waals surface area contributed by atoms with Gasteiger partial charge in [0.2, 0.25) is 5.91 Å². The molecule has 0 saturated carbocycles. The molecule has 0 unspecified atom stereocenters. The predicted octanol–water partition coefficient (Wildman–Crippen LogP) is 0.926. The number of nitrogens with one attached hydrogen (secondary N) is 1. The van der Waals surface area contributed by atoms with Crippen LogP contribution >= 0.6 is 0 Å². The van der Waals surface area contributed by atoms with Gasteiger partial charge in [0.05, 0.1) is 0 Å². The molecular weight excluding hydrogens is 164 g/mol. The van der Waals surface area contributed by atoms with Gasteiger partial charge in [0.1, 0.15) is 0 Å². The van der Waals surface area contributed by atoms with Gasteiger partial charge in [-0.3, -0.25) is 9.78 Å². The van der Waals surface area contributed by atoms with Gasteiger partial charge in [0.15, 0.2) is 0 Å². The Bertz CT molecular complexity index is 282. The predicted molar refractivity (Wildman–Crippen MR) is 51.1 cm³/mol. The average Bonchev–Trinajstić information content (AvgIpc) is 2.19. The van der Waals surface area contributed by atoms with Crippen molar-refractivity contribution in [1.82, 2.24) is 10.3 Å². The molecule has 68 valence electrons. The number of nitrogens with zero attached hydrogens (tertiary/aromatic N) is 1. The Morgan fingerprint density at radius 3 is 3.08 bits per heavy atom. The zero-order valence-corrected chi connectivity index (χ0v) is 7.36. The van der Waals surface area contributed by atoms with E-state index in [1.807, 2.05) is 18.2 Å². The standard InChI is InChI=1S/C10H12N2O/c1-2-10(13)12-8-6-9-5-3-4-7-11-9/h2-5,7H,1,6,8H2,(H,12,13). The first-order valence-corrected chi connectivity index (χ1v) is 4.13. The lowest BCUT2D eigenvalue weighted by atomic mass is 10.3. The Morgan fingerprint density at radius 2 is 2.46 bits per heavy atom. The monoisotopic (exact) mass is 176 g/mol. The molecule has 0 bridgehead atoms. The third-order valence-corrected chi connectivity index (χ3v) is 1.59. The number of carbonyl (C=O) groups is 1. The van der Waals surface area contributed by atoms with Crippen LogP contribution in [0, 0.1) is 0 Å². The third kappa shape index (κ3) is 3.51. The summed E-state index contributed by atoms with van der Waals surface area (Å²) >= 11 is 0. The highest BCUT2D eigenvalue weighted by Crippen LogP contribution is 1.92. The lowest BCUT2D eigenvalue weighted by Gasteiger charge is -2.00. The van der Waals surface area contributed by atoms with Crippen LogP contribution in [0.1, 0.15) is 5.69 Å². The molecule has 13 heavy (non-hydrogen) atoms. The molecule has 0 aliphatic heterocycles. The second kappa shape index (κ2) is 5.09. The number of pyridine rings is 1. The van der Waals surface area contributed by atoms with Crippen molar-refractivity contribution in [3.63, 3.8) is 0 Å². The van der Waals surface area contributed by atoms with Crippen molar-refractivity contribution in [1.29, 1.82) is 0 Å². The van der Waals surface area contributed by atoms with Crippen LogP contribution in [-0.2, 0) is 11.2 Å². The number of amides is 1. The van der Waals surface area contributed by atoms with Crippen molar-refractivity contribution in [3.05, 3.63) is 42.7 Å². The third-order valence-electron chi connectivity index (χ3n) is 1.59. The van der Waals surface area contributed by atoms with Crippen LogP contribution in [0.4, 0.5) is 0 Å². The van der Waals surface area contributed by atoms with Crippen LogP contribution in [0.15, 0.2) is 37.1 Å². The molecule has 1 aromatic heterocycles. The SMILES string of the molecule is C=CC(=O)NCCc1ccccn1. The minimum atomic E-state index is -0.143. The smallest absolute Gasteiger partial charge is 0.243 e. The molecule has 0 atom stereocenters. The van der Waals surface area contributed by atoms with Gasteiger partial charge in [-0.25, -0.2) is 0 Å². The van der Waals surface area contributed by atoms with Crippen molar-refractivity contribution in [2.24, 2.45) is 0 Å². The highest BCUT2D eigenvalue weighted by Gasteiger charge is 1.94. The summed E-state index contributed by atoms with van der Waals surface area (Å²) < 4.78 is 0. The Morgan fingerprint density at radius 1 is 1.62 bits per heavy atom. The quantitative estimate of drug-likeness (QED) is 0.693. The second-order valence-corrected chi connectivity index (χ2v) is 2.57. The van der Waals surface area contributed by atoms with Gasteiger partial charge in [0.25, 0.3) is 0 Å². The van der Waals surface area contributed by atoms with E-state index in [-0.39, 0.29) is 5.91 Å². The van der Waals surface area contributed by atoms with Crippen LogP contribution in [0.3, 0.4) is 0 Å². The molecule has 1 N–H and O–H groups in total. The summed E-state index contributed by atoms with van der Waals surface area (Å²) in [5.74, 6) is -0.143. The minimum Gasteiger partial charge on any atom is -0.352 e. The molecule has 0 aromatic carbocycles. The van der Waals surface area contributed by atoms with E-state index in [4.69, 9.17) is 0 Å². The number of carbonyl (C=O) groups excluding carboxylic acids is 1. The zero-order valence-electron chi connectivity index (χ0n) is 7.36. The van der Waals surface area contributed by atoms with E-state index < -0.39 is 0 Å². The lowest BCUT2D eigenvalue weighted by molar-refractivity contribution is -0.116. The van der Waals surface area contributed by atoms with Gasteiger partial charge in [-0.1, -0.05) is 12.6 Å². The van der Waals surface area contributed by atoms with Gasteiger partial charge in [-0.2, -0.15) is 0 Å². The molecule has 0 aliphatic carbocycles. The van der Waals surface area contributed by atoms with E-state index in [2.05, 4.69) is 16.9 Å². The summed E-state index contributed by atoms with van der Waals surface area (Å²) in [6.07, 6.45) is 3.75. The van der Waals surface area contributed by atoms with Crippen molar-refractivity contribution < 1.29 is 4.79 Å². The summed E-state index contributed by atoms with van der Waals surface area (Å²) in [5, 5.41) is 2.68. The van der Waals surface area contributed by atoms with Gasteiger partial charge < -0.3 is 5.32 Å². The van der Waals surface area contributed by atoms with Crippen LogP contribution in [-0.4, -0.2) is 17.4 Å². The second-order valence-electron chi connectivity index (χ2n) is 2.57. The first-order chi connectivity index (χ1) is 6.33. The molecule has 0 radical (unpaired) electrons. The first-order valence-electron chi connectivity index (χ1n) is 4.13. The normalized spacial score (nSPS) is 9.23. The van der Waals surface area contributed by atoms with Crippen LogP contribution in [0.25, 0.3) is 0 Å². The number of hydrogen-bond acceptors (Lipinski definition) is 2. The number of aromatic nitrogens is 1. The van der Waals surface area contributed by atoms with E-state index in [0.717, 1.165) is 12.1 Å². The molecule has 1 heterocycles. The summed E-state index contributed by atoms with van der Waals surface area (Å²) in [6.45, 7) is 3.96. The largest absolute Gasteiger partial charge is 0.352 e. The Hall–Kier alpha value is -1.64. The molecule has 1 aromatic rings. The topological polar surface area (TPSA) is 42.0 Å². The van der Waals surface area contributed by atoms with Crippen molar-refractivity contribution >= 4 is 5.91 Å². The van der Waals surface area contributed by atoms with E-state index in [9.17, 15) is 4.79 Å². The summed E-state index contributed by atoms with van der Waals surface area (Å²) in [5.41, 5.74) is 0.979. The summed E-state index contributed by atoms with van der Waals surface area (Å²) in [4.78, 5) is 14.9. The molecule has 1 amide bonds. The average molecular weight is 176 g/mol. The molecule has 0 fully saturated rings. The van der Waals surface area contributed by atoms with Gasteiger partial charge in [-0.15, -0.1) is 0 Å². The van der Waals surface area contributed by atoms with Crippen molar-refractivity contribution in [3.8, 4) is 0 Å². The van der Waals surface area contributed by atoms with E-state index in [0.29, 0.717) is 6.54 Å². The molecule has 1 rings (SSSR count). The number of hydrogen-bond donors (Lipinski definition) is 1. The first kappa shape index (κ1) is 9.45. The van der Waals surface area contributed by atoms with Gasteiger partial charge in [0, 0.05) is 24.9 Å². The van der Waals surface area contributed by atoms with Crippen LogP contribution in [0.5, 0.6) is 0 Å². The van der Waals surface area contributed by atoms with Crippen molar-refractivity contribution in [2.45, 2.75) is 6.42 Å². The lowest BCUT2D eigenvalue weighted by Crippen LogP contribution is -2.23. The zero-order chi connectivity index (χ0) is 9.52. The molecule has 0 spiro atoms. The number of rotatable bonds is 4. The minimum absolute atomic E-state index is 0.143. The van der Waals surface area contributed by atoms with E-state index in [1.165, 1.54) is 6.08 Å². The molecular formula is C10H12N2O. The maximum atomic E-state index is 10.8. The highest BCUT2D eigenvalue weighted by atomic mass is 16.1. The van der Waals surface area contributed by atoms with E-state index >= 15 is 0 Å². The fourth-order valence-corrected chi connectivity index (χ4v) is 0.932. The van der Waals surface area contributed by atoms with Crippen LogP contribution < -0.4 is 5.32 Å². The molecule has 0 saturated heterocycles. The molecule has 3 nitrogen and oxygen atoms in total. The maximum absolute atomic E-state index is 10.8. The molecule has 0 aliphatic rings. The highest BCUT2D eigenvalue weighted by molar-refractivity contribution is 5.86. The van der Waals surface area contributed by atoms with Crippen LogP contribution in [0.2, 0.25) is 0 Å². The fraction of sp³-hybridized carbons (Fsp3) is 0.200. The molecule has 3 heteroatoms. The Balaban J connectivity index is 2.28. The fourth-order valence-electron chi connectivity index (χ4n) is 0.932. The summed E-state index contributed by atoms with van der Waals surface area (Å²) in [7, 11) is 0. The van der Waals surface area contributed by atoms with Crippen molar-refractivity contribution in [2.75, 3.05) is 6.54 Å². The maximum Gasteiger partial charge on any atom is 0.243 e. The Kier molecular flexibility index (Phi) is 3.70. The Labute approximate surface area is 77.5 Å². The van der Waals surface area contributed by atoms with Gasteiger partial charge in [-0.05, 0) is 18.2 Å². The van der Waals surface area contributed by atoms with E-state index in [1.54, 1.807) is 6.20 Å². The summed E-state index contributed by atoms with van der Waals surface area (Å²) in [6, 6.07) is 5.73. The van der Waals surface area contributed by atoms with Gasteiger partial charge >= 0.3 is 0 Å².